The Kier molecular flexibility index (Phi) is 4.96. The van der Waals surface area contributed by atoms with E-state index in [4.69, 9.17) is 4.98 Å². The zero-order chi connectivity index (χ0) is 19.8. The molecule has 1 amide bonds. The molecular formula is C24H29N3O. The van der Waals surface area contributed by atoms with Crippen LogP contribution in [0.5, 0.6) is 0 Å². The number of nitrogens with zero attached hydrogens (tertiary/aromatic N) is 3. The molecular weight excluding hydrogens is 346 g/mol. The Balaban J connectivity index is 1.70. The number of benzene rings is 2. The smallest absolute Gasteiger partial charge is 0.227 e. The second-order valence-electron chi connectivity index (χ2n) is 8.42. The second-order valence-corrected chi connectivity index (χ2v) is 8.42. The quantitative estimate of drug-likeness (QED) is 0.613. The summed E-state index contributed by atoms with van der Waals surface area (Å²) < 4.78 is 2.35. The summed E-state index contributed by atoms with van der Waals surface area (Å²) in [7, 11) is 0. The third-order valence-electron chi connectivity index (χ3n) is 5.97. The van der Waals surface area contributed by atoms with Gasteiger partial charge in [0, 0.05) is 31.1 Å². The van der Waals surface area contributed by atoms with Crippen LogP contribution in [-0.4, -0.2) is 22.0 Å². The number of carbonyl (C=O) groups excluding carboxylic acids is 1. The molecule has 4 nitrogen and oxygen atoms in total. The van der Waals surface area contributed by atoms with Crippen molar-refractivity contribution in [1.82, 2.24) is 9.55 Å². The lowest BCUT2D eigenvalue weighted by Gasteiger charge is -2.20. The molecule has 1 fully saturated rings. The number of anilines is 1. The molecule has 146 valence electrons. The van der Waals surface area contributed by atoms with Crippen molar-refractivity contribution in [3.8, 4) is 0 Å². The van der Waals surface area contributed by atoms with Crippen molar-refractivity contribution in [3.63, 3.8) is 0 Å². The Morgan fingerprint density at radius 1 is 1.11 bits per heavy atom. The molecule has 0 N–H and O–H groups in total. The van der Waals surface area contributed by atoms with E-state index in [-0.39, 0.29) is 11.8 Å². The molecule has 0 spiro atoms. The zero-order valence-electron chi connectivity index (χ0n) is 17.3. The third kappa shape index (κ3) is 3.32. The average Bonchev–Trinajstić information content (AvgIpc) is 3.22. The number of amides is 1. The fourth-order valence-electron chi connectivity index (χ4n) is 4.17. The standard InChI is InChI=1S/C24H29N3O/c1-16(2)12-13-26-22-10-6-5-9-20(22)25-24(26)19-14-23(28)27(15-19)21-11-7-8-17(3)18(21)4/h5-11,16,19H,12-15H2,1-4H3/t19-/m0/s1. The van der Waals surface area contributed by atoms with Crippen molar-refractivity contribution in [1.29, 1.82) is 0 Å². The summed E-state index contributed by atoms with van der Waals surface area (Å²) in [6.45, 7) is 10.3. The highest BCUT2D eigenvalue weighted by atomic mass is 16.2. The summed E-state index contributed by atoms with van der Waals surface area (Å²) in [6, 6.07) is 14.5. The summed E-state index contributed by atoms with van der Waals surface area (Å²) >= 11 is 0. The molecule has 0 bridgehead atoms. The maximum atomic E-state index is 12.9. The van der Waals surface area contributed by atoms with Crippen molar-refractivity contribution in [2.45, 2.75) is 53.0 Å². The Hall–Kier alpha value is -2.62. The number of aryl methyl sites for hydroxylation is 2. The number of hydrogen-bond donors (Lipinski definition) is 0. The van der Waals surface area contributed by atoms with Crippen LogP contribution in [0.25, 0.3) is 11.0 Å². The molecule has 4 rings (SSSR count). The highest BCUT2D eigenvalue weighted by molar-refractivity contribution is 5.97. The van der Waals surface area contributed by atoms with E-state index in [0.717, 1.165) is 30.0 Å². The van der Waals surface area contributed by atoms with Crippen LogP contribution >= 0.6 is 0 Å². The number of rotatable bonds is 5. The van der Waals surface area contributed by atoms with Gasteiger partial charge in [-0.3, -0.25) is 4.79 Å². The summed E-state index contributed by atoms with van der Waals surface area (Å²) in [4.78, 5) is 19.8. The van der Waals surface area contributed by atoms with Gasteiger partial charge in [-0.15, -0.1) is 0 Å². The first kappa shape index (κ1) is 18.7. The molecule has 1 atom stereocenters. The lowest BCUT2D eigenvalue weighted by atomic mass is 10.1. The van der Waals surface area contributed by atoms with E-state index in [1.807, 2.05) is 17.0 Å². The maximum Gasteiger partial charge on any atom is 0.227 e. The Bertz CT molecular complexity index is 1020. The normalized spacial score (nSPS) is 17.2. The molecule has 4 heteroatoms. The molecule has 0 aliphatic carbocycles. The molecule has 28 heavy (non-hydrogen) atoms. The molecule has 0 saturated carbocycles. The molecule has 2 heterocycles. The molecule has 0 radical (unpaired) electrons. The minimum atomic E-state index is 0.131. The number of hydrogen-bond acceptors (Lipinski definition) is 2. The first-order chi connectivity index (χ1) is 13.5. The predicted molar refractivity (Wildman–Crippen MR) is 115 cm³/mol. The van der Waals surface area contributed by atoms with Crippen molar-refractivity contribution < 1.29 is 4.79 Å². The lowest BCUT2D eigenvalue weighted by molar-refractivity contribution is -0.117. The van der Waals surface area contributed by atoms with Gasteiger partial charge in [-0.2, -0.15) is 0 Å². The largest absolute Gasteiger partial charge is 0.328 e. The van der Waals surface area contributed by atoms with Crippen molar-refractivity contribution in [2.75, 3.05) is 11.4 Å². The van der Waals surface area contributed by atoms with Gasteiger partial charge in [0.25, 0.3) is 0 Å². The zero-order valence-corrected chi connectivity index (χ0v) is 17.3. The van der Waals surface area contributed by atoms with Crippen LogP contribution < -0.4 is 4.90 Å². The van der Waals surface area contributed by atoms with Crippen LogP contribution in [0.1, 0.15) is 49.6 Å². The van der Waals surface area contributed by atoms with Gasteiger partial charge in [-0.1, -0.05) is 38.1 Å². The molecule has 1 saturated heterocycles. The van der Waals surface area contributed by atoms with Crippen LogP contribution in [0.15, 0.2) is 42.5 Å². The van der Waals surface area contributed by atoms with E-state index in [2.05, 4.69) is 62.6 Å². The monoisotopic (exact) mass is 375 g/mol. The van der Waals surface area contributed by atoms with Gasteiger partial charge in [0.1, 0.15) is 5.82 Å². The van der Waals surface area contributed by atoms with Gasteiger partial charge < -0.3 is 9.47 Å². The Morgan fingerprint density at radius 3 is 2.68 bits per heavy atom. The van der Waals surface area contributed by atoms with Crippen LogP contribution in [0.3, 0.4) is 0 Å². The number of aromatic nitrogens is 2. The maximum absolute atomic E-state index is 12.9. The van der Waals surface area contributed by atoms with Gasteiger partial charge in [0.05, 0.1) is 11.0 Å². The van der Waals surface area contributed by atoms with Gasteiger partial charge in [-0.25, -0.2) is 4.98 Å². The van der Waals surface area contributed by atoms with Gasteiger partial charge in [0.15, 0.2) is 0 Å². The average molecular weight is 376 g/mol. The van der Waals surface area contributed by atoms with Gasteiger partial charge in [-0.05, 0) is 55.5 Å². The Morgan fingerprint density at radius 2 is 1.89 bits per heavy atom. The molecule has 1 aromatic heterocycles. The molecule has 1 aliphatic heterocycles. The summed E-state index contributed by atoms with van der Waals surface area (Å²) in [5.41, 5.74) is 5.65. The van der Waals surface area contributed by atoms with E-state index in [9.17, 15) is 4.79 Å². The molecule has 3 aromatic rings. The number of para-hydroxylation sites is 2. The minimum Gasteiger partial charge on any atom is -0.328 e. The van der Waals surface area contributed by atoms with Crippen LogP contribution in [0.2, 0.25) is 0 Å². The fraction of sp³-hybridized carbons (Fsp3) is 0.417. The summed E-state index contributed by atoms with van der Waals surface area (Å²) in [5.74, 6) is 2.02. The second kappa shape index (κ2) is 7.42. The van der Waals surface area contributed by atoms with Crippen molar-refractivity contribution in [2.24, 2.45) is 5.92 Å². The van der Waals surface area contributed by atoms with E-state index >= 15 is 0 Å². The third-order valence-corrected chi connectivity index (χ3v) is 5.97. The SMILES string of the molecule is Cc1cccc(N2C[C@@H](c3nc4ccccc4n3CCC(C)C)CC2=O)c1C. The van der Waals surface area contributed by atoms with Crippen LogP contribution in [0, 0.1) is 19.8 Å². The molecule has 2 aromatic carbocycles. The number of imidazole rings is 1. The summed E-state index contributed by atoms with van der Waals surface area (Å²) in [5, 5.41) is 0. The van der Waals surface area contributed by atoms with Crippen molar-refractivity contribution >= 4 is 22.6 Å². The first-order valence-electron chi connectivity index (χ1n) is 10.3. The highest BCUT2D eigenvalue weighted by Crippen LogP contribution is 2.35. The van der Waals surface area contributed by atoms with Crippen LogP contribution in [0.4, 0.5) is 5.69 Å². The fourth-order valence-corrected chi connectivity index (χ4v) is 4.17. The van der Waals surface area contributed by atoms with E-state index < -0.39 is 0 Å². The van der Waals surface area contributed by atoms with E-state index in [1.165, 1.54) is 16.6 Å². The van der Waals surface area contributed by atoms with Crippen LogP contribution in [-0.2, 0) is 11.3 Å². The number of carbonyl (C=O) groups is 1. The topological polar surface area (TPSA) is 38.1 Å². The van der Waals surface area contributed by atoms with E-state index in [0.29, 0.717) is 18.9 Å². The minimum absolute atomic E-state index is 0.131. The first-order valence-corrected chi connectivity index (χ1v) is 10.3. The predicted octanol–water partition coefficient (Wildman–Crippen LogP) is 5.22. The lowest BCUT2D eigenvalue weighted by Crippen LogP contribution is -2.25. The Labute approximate surface area is 167 Å². The highest BCUT2D eigenvalue weighted by Gasteiger charge is 2.35. The summed E-state index contributed by atoms with van der Waals surface area (Å²) in [6.07, 6.45) is 1.63. The molecule has 1 aliphatic rings. The van der Waals surface area contributed by atoms with Crippen molar-refractivity contribution in [3.05, 3.63) is 59.4 Å². The van der Waals surface area contributed by atoms with Gasteiger partial charge >= 0.3 is 0 Å². The van der Waals surface area contributed by atoms with Gasteiger partial charge in [0.2, 0.25) is 5.91 Å². The van der Waals surface area contributed by atoms with E-state index in [1.54, 1.807) is 0 Å². The number of fused-ring (bicyclic) bond motifs is 1. The molecule has 0 unspecified atom stereocenters.